The first-order valence-corrected chi connectivity index (χ1v) is 10.00. The third-order valence-electron chi connectivity index (χ3n) is 4.76. The molecule has 0 bridgehead atoms. The summed E-state index contributed by atoms with van der Waals surface area (Å²) in [6.07, 6.45) is 0.880. The molecule has 0 spiro atoms. The number of nitrogens with zero attached hydrogens (tertiary/aromatic N) is 3. The fourth-order valence-electron chi connectivity index (χ4n) is 3.23. The Morgan fingerprint density at radius 3 is 2.64 bits per heavy atom. The molecular formula is C23H19N3OS. The van der Waals surface area contributed by atoms with E-state index in [0.29, 0.717) is 23.3 Å². The number of hydrogen-bond donors (Lipinski definition) is 0. The van der Waals surface area contributed by atoms with Gasteiger partial charge in [0, 0.05) is 10.4 Å². The highest BCUT2D eigenvalue weighted by Crippen LogP contribution is 2.26. The predicted molar refractivity (Wildman–Crippen MR) is 114 cm³/mol. The third-order valence-corrected chi connectivity index (χ3v) is 5.93. The van der Waals surface area contributed by atoms with Gasteiger partial charge in [-0.05, 0) is 37.1 Å². The summed E-state index contributed by atoms with van der Waals surface area (Å²) in [6.45, 7) is 4.49. The highest BCUT2D eigenvalue weighted by molar-refractivity contribution is 7.18. The number of benzene rings is 2. The van der Waals surface area contributed by atoms with Crippen LogP contribution in [0.2, 0.25) is 0 Å². The topological polar surface area (TPSA) is 58.7 Å². The van der Waals surface area contributed by atoms with E-state index < -0.39 is 0 Å². The molecular weight excluding hydrogens is 366 g/mol. The fourth-order valence-corrected chi connectivity index (χ4v) is 4.19. The number of fused-ring (bicyclic) bond motifs is 1. The summed E-state index contributed by atoms with van der Waals surface area (Å²) in [4.78, 5) is 20.1. The van der Waals surface area contributed by atoms with Crippen molar-refractivity contribution in [1.82, 2.24) is 9.55 Å². The van der Waals surface area contributed by atoms with E-state index in [1.165, 1.54) is 0 Å². The molecule has 0 amide bonds. The average molecular weight is 385 g/mol. The van der Waals surface area contributed by atoms with Crippen LogP contribution in [0, 0.1) is 18.3 Å². The Morgan fingerprint density at radius 2 is 1.93 bits per heavy atom. The number of nitriles is 1. The quantitative estimate of drug-likeness (QED) is 0.501. The summed E-state index contributed by atoms with van der Waals surface area (Å²) < 4.78 is 1.72. The zero-order valence-corrected chi connectivity index (χ0v) is 16.6. The van der Waals surface area contributed by atoms with Crippen LogP contribution in [0.5, 0.6) is 0 Å². The maximum atomic E-state index is 13.3. The van der Waals surface area contributed by atoms with Gasteiger partial charge >= 0.3 is 0 Å². The van der Waals surface area contributed by atoms with Gasteiger partial charge in [0.15, 0.2) is 0 Å². The molecule has 0 unspecified atom stereocenters. The molecule has 28 heavy (non-hydrogen) atoms. The Morgan fingerprint density at radius 1 is 1.14 bits per heavy atom. The molecule has 2 aromatic heterocycles. The summed E-state index contributed by atoms with van der Waals surface area (Å²) in [5.41, 5.74) is 3.51. The van der Waals surface area contributed by atoms with Crippen molar-refractivity contribution in [1.29, 1.82) is 5.26 Å². The Bertz CT molecular complexity index is 1260. The Hall–Kier alpha value is -3.23. The van der Waals surface area contributed by atoms with Crippen molar-refractivity contribution in [3.63, 3.8) is 0 Å². The number of rotatable bonds is 4. The van der Waals surface area contributed by atoms with Crippen molar-refractivity contribution < 1.29 is 0 Å². The second-order valence-electron chi connectivity index (χ2n) is 6.79. The molecule has 0 radical (unpaired) electrons. The van der Waals surface area contributed by atoms with Gasteiger partial charge in [0.25, 0.3) is 5.56 Å². The molecule has 2 heterocycles. The largest absolute Gasteiger partial charge is 0.288 e. The molecule has 0 aliphatic rings. The van der Waals surface area contributed by atoms with Crippen LogP contribution in [0.1, 0.15) is 28.5 Å². The van der Waals surface area contributed by atoms with E-state index in [4.69, 9.17) is 4.98 Å². The lowest BCUT2D eigenvalue weighted by Gasteiger charge is -2.13. The van der Waals surface area contributed by atoms with E-state index in [9.17, 15) is 10.1 Å². The monoisotopic (exact) mass is 385 g/mol. The van der Waals surface area contributed by atoms with Gasteiger partial charge in [-0.3, -0.25) is 9.36 Å². The minimum Gasteiger partial charge on any atom is -0.288 e. The van der Waals surface area contributed by atoms with Crippen LogP contribution < -0.4 is 5.56 Å². The molecule has 2 aromatic carbocycles. The Balaban J connectivity index is 1.94. The number of aromatic nitrogens is 2. The van der Waals surface area contributed by atoms with E-state index in [-0.39, 0.29) is 5.56 Å². The number of aryl methyl sites for hydroxylation is 2. The molecule has 0 saturated carbocycles. The van der Waals surface area contributed by atoms with Crippen LogP contribution in [0.4, 0.5) is 0 Å². The van der Waals surface area contributed by atoms with Crippen LogP contribution in [-0.4, -0.2) is 9.55 Å². The molecule has 0 fully saturated rings. The lowest BCUT2D eigenvalue weighted by molar-refractivity contribution is 0.760. The van der Waals surface area contributed by atoms with E-state index >= 15 is 0 Å². The van der Waals surface area contributed by atoms with Gasteiger partial charge < -0.3 is 0 Å². The maximum absolute atomic E-state index is 13.3. The van der Waals surface area contributed by atoms with E-state index in [0.717, 1.165) is 32.8 Å². The van der Waals surface area contributed by atoms with Gasteiger partial charge in [-0.25, -0.2) is 4.98 Å². The first kappa shape index (κ1) is 18.1. The molecule has 0 aliphatic carbocycles. The molecule has 4 nitrogen and oxygen atoms in total. The number of hydrogen-bond acceptors (Lipinski definition) is 4. The Labute approximate surface area is 167 Å². The summed E-state index contributed by atoms with van der Waals surface area (Å²) in [7, 11) is 0. The minimum atomic E-state index is -0.0427. The zero-order valence-electron chi connectivity index (χ0n) is 15.8. The molecule has 5 heteroatoms. The van der Waals surface area contributed by atoms with Gasteiger partial charge in [0.2, 0.25) is 0 Å². The van der Waals surface area contributed by atoms with E-state index in [1.807, 2.05) is 55.5 Å². The van der Waals surface area contributed by atoms with Crippen molar-refractivity contribution in [3.8, 4) is 17.5 Å². The lowest BCUT2D eigenvalue weighted by Crippen LogP contribution is -2.23. The van der Waals surface area contributed by atoms with Crippen molar-refractivity contribution in [2.75, 3.05) is 0 Å². The SMILES string of the molecule is CCc1cc2c(=O)n(Cc3cccc(C#N)c3)c(-c3ccc(C)cc3)nc2s1. The molecule has 4 aromatic rings. The van der Waals surface area contributed by atoms with Crippen LogP contribution in [0.25, 0.3) is 21.6 Å². The van der Waals surface area contributed by atoms with Crippen molar-refractivity contribution >= 4 is 21.6 Å². The van der Waals surface area contributed by atoms with Gasteiger partial charge in [-0.15, -0.1) is 11.3 Å². The molecule has 4 rings (SSSR count). The van der Waals surface area contributed by atoms with Gasteiger partial charge in [-0.2, -0.15) is 5.26 Å². The third kappa shape index (κ3) is 3.35. The summed E-state index contributed by atoms with van der Waals surface area (Å²) in [6, 6.07) is 19.5. The second-order valence-corrected chi connectivity index (χ2v) is 7.91. The first-order chi connectivity index (χ1) is 13.6. The van der Waals surface area contributed by atoms with Gasteiger partial charge in [0.1, 0.15) is 10.7 Å². The second kappa shape index (κ2) is 7.41. The standard InChI is InChI=1S/C23H19N3OS/c1-3-19-12-20-22(28-19)25-21(18-9-7-15(2)8-10-18)26(23(20)27)14-17-6-4-5-16(11-17)13-24/h4-12H,3,14H2,1-2H3. The van der Waals surface area contributed by atoms with E-state index in [1.54, 1.807) is 22.0 Å². The summed E-state index contributed by atoms with van der Waals surface area (Å²) in [5, 5.41) is 9.84. The highest BCUT2D eigenvalue weighted by atomic mass is 32.1. The fraction of sp³-hybridized carbons (Fsp3) is 0.174. The summed E-state index contributed by atoms with van der Waals surface area (Å²) in [5.74, 6) is 0.657. The molecule has 0 saturated heterocycles. The lowest BCUT2D eigenvalue weighted by atomic mass is 10.1. The summed E-state index contributed by atoms with van der Waals surface area (Å²) >= 11 is 1.58. The van der Waals surface area contributed by atoms with Crippen molar-refractivity contribution in [2.24, 2.45) is 0 Å². The van der Waals surface area contributed by atoms with Crippen molar-refractivity contribution in [2.45, 2.75) is 26.8 Å². The smallest absolute Gasteiger partial charge is 0.262 e. The van der Waals surface area contributed by atoms with Crippen LogP contribution in [-0.2, 0) is 13.0 Å². The minimum absolute atomic E-state index is 0.0427. The van der Waals surface area contributed by atoms with Crippen molar-refractivity contribution in [3.05, 3.63) is 86.5 Å². The first-order valence-electron chi connectivity index (χ1n) is 9.18. The normalized spacial score (nSPS) is 10.9. The molecule has 138 valence electrons. The van der Waals surface area contributed by atoms with Gasteiger partial charge in [0.05, 0.1) is 23.6 Å². The van der Waals surface area contributed by atoms with Crippen LogP contribution in [0.15, 0.2) is 59.4 Å². The Kier molecular flexibility index (Phi) is 4.81. The predicted octanol–water partition coefficient (Wildman–Crippen LogP) is 4.92. The van der Waals surface area contributed by atoms with Crippen LogP contribution >= 0.6 is 11.3 Å². The van der Waals surface area contributed by atoms with Crippen LogP contribution in [0.3, 0.4) is 0 Å². The molecule has 0 N–H and O–H groups in total. The average Bonchev–Trinajstić information content (AvgIpc) is 3.14. The number of thiophene rings is 1. The maximum Gasteiger partial charge on any atom is 0.262 e. The van der Waals surface area contributed by atoms with Gasteiger partial charge in [-0.1, -0.05) is 48.9 Å². The zero-order chi connectivity index (χ0) is 19.7. The highest BCUT2D eigenvalue weighted by Gasteiger charge is 2.16. The molecule has 0 atom stereocenters. The molecule has 0 aliphatic heterocycles. The van der Waals surface area contributed by atoms with E-state index in [2.05, 4.69) is 13.0 Å².